The lowest BCUT2D eigenvalue weighted by Gasteiger charge is -2.38. The second-order valence-electron chi connectivity index (χ2n) is 4.75. The van der Waals surface area contributed by atoms with Crippen molar-refractivity contribution in [1.82, 2.24) is 4.90 Å². The number of thiocarbonyl (C=S) groups is 1. The topological polar surface area (TPSA) is 86.8 Å². The number of carbonyl (C=O) groups excluding carboxylic acids is 1. The molecule has 0 unspecified atom stereocenters. The van der Waals surface area contributed by atoms with Crippen LogP contribution in [0.2, 0.25) is 0 Å². The quantitative estimate of drug-likeness (QED) is 0.595. The van der Waals surface area contributed by atoms with Gasteiger partial charge in [-0.15, -0.1) is 0 Å². The van der Waals surface area contributed by atoms with Crippen LogP contribution in [0.4, 0.5) is 0 Å². The number of nitrogens with two attached hydrogens (primary N) is 1. The average molecular weight is 274 g/mol. The molecule has 1 saturated carbocycles. The molecule has 0 radical (unpaired) electrons. The molecule has 0 saturated heterocycles. The van der Waals surface area contributed by atoms with Gasteiger partial charge >= 0.3 is 0 Å². The van der Waals surface area contributed by atoms with Gasteiger partial charge in [0.15, 0.2) is 0 Å². The van der Waals surface area contributed by atoms with Gasteiger partial charge in [0.1, 0.15) is 0 Å². The summed E-state index contributed by atoms with van der Waals surface area (Å²) in [5, 5.41) is 18.0. The number of rotatable bonds is 6. The molecule has 1 amide bonds. The Hall–Kier alpha value is -0.720. The minimum absolute atomic E-state index is 0.126. The van der Waals surface area contributed by atoms with E-state index in [-0.39, 0.29) is 37.2 Å². The fourth-order valence-corrected chi connectivity index (χ4v) is 2.87. The molecule has 18 heavy (non-hydrogen) atoms. The van der Waals surface area contributed by atoms with Crippen molar-refractivity contribution in [3.05, 3.63) is 0 Å². The molecule has 4 N–H and O–H groups in total. The number of nitrogens with zero attached hydrogens (tertiary/aromatic N) is 1. The van der Waals surface area contributed by atoms with E-state index in [1.165, 1.54) is 4.90 Å². The SMILES string of the molecule is NC(=S)C1(C(=O)N(CCO)CCO)CCCCC1. The molecular formula is C12H22N2O3S. The van der Waals surface area contributed by atoms with E-state index in [4.69, 9.17) is 28.2 Å². The highest BCUT2D eigenvalue weighted by Crippen LogP contribution is 2.38. The Bertz CT molecular complexity index is 298. The minimum Gasteiger partial charge on any atom is -0.395 e. The number of hydrogen-bond donors (Lipinski definition) is 3. The van der Waals surface area contributed by atoms with E-state index in [1.54, 1.807) is 0 Å². The Labute approximate surface area is 113 Å². The van der Waals surface area contributed by atoms with Crippen LogP contribution in [0.15, 0.2) is 0 Å². The van der Waals surface area contributed by atoms with Crippen LogP contribution >= 0.6 is 12.2 Å². The highest BCUT2D eigenvalue weighted by Gasteiger charge is 2.44. The highest BCUT2D eigenvalue weighted by atomic mass is 32.1. The first-order valence-electron chi connectivity index (χ1n) is 6.39. The number of amides is 1. The number of aliphatic hydroxyl groups is 2. The fourth-order valence-electron chi connectivity index (χ4n) is 2.58. The van der Waals surface area contributed by atoms with Gasteiger partial charge in [-0.05, 0) is 12.8 Å². The first kappa shape index (κ1) is 15.3. The lowest BCUT2D eigenvalue weighted by molar-refractivity contribution is -0.140. The summed E-state index contributed by atoms with van der Waals surface area (Å²) in [4.78, 5) is 14.3. The molecule has 0 aromatic rings. The van der Waals surface area contributed by atoms with Gasteiger partial charge < -0.3 is 20.8 Å². The molecule has 0 aromatic heterocycles. The maximum absolute atomic E-state index is 12.6. The molecule has 0 spiro atoms. The van der Waals surface area contributed by atoms with E-state index in [1.807, 2.05) is 0 Å². The van der Waals surface area contributed by atoms with Gasteiger partial charge in [-0.3, -0.25) is 4.79 Å². The highest BCUT2D eigenvalue weighted by molar-refractivity contribution is 7.80. The van der Waals surface area contributed by atoms with Gasteiger partial charge in [0.05, 0.1) is 23.6 Å². The van der Waals surface area contributed by atoms with E-state index < -0.39 is 5.41 Å². The lowest BCUT2D eigenvalue weighted by Crippen LogP contribution is -2.52. The van der Waals surface area contributed by atoms with Gasteiger partial charge in [-0.1, -0.05) is 31.5 Å². The predicted molar refractivity (Wildman–Crippen MR) is 73.1 cm³/mol. The Morgan fingerprint density at radius 1 is 1.17 bits per heavy atom. The van der Waals surface area contributed by atoms with Crippen molar-refractivity contribution in [1.29, 1.82) is 0 Å². The Kier molecular flexibility index (Phi) is 5.98. The van der Waals surface area contributed by atoms with Crippen molar-refractivity contribution < 1.29 is 15.0 Å². The summed E-state index contributed by atoms with van der Waals surface area (Å²) in [5.74, 6) is -0.141. The maximum atomic E-state index is 12.6. The van der Waals surface area contributed by atoms with E-state index in [9.17, 15) is 4.79 Å². The molecule has 1 rings (SSSR count). The normalized spacial score (nSPS) is 18.3. The molecule has 0 bridgehead atoms. The summed E-state index contributed by atoms with van der Waals surface area (Å²) in [6, 6.07) is 0. The third kappa shape index (κ3) is 3.18. The summed E-state index contributed by atoms with van der Waals surface area (Å²) in [6.07, 6.45) is 4.32. The van der Waals surface area contributed by atoms with E-state index >= 15 is 0 Å². The van der Waals surface area contributed by atoms with Gasteiger partial charge in [0.25, 0.3) is 0 Å². The molecular weight excluding hydrogens is 252 g/mol. The van der Waals surface area contributed by atoms with Crippen molar-refractivity contribution in [2.24, 2.45) is 11.1 Å². The van der Waals surface area contributed by atoms with Crippen molar-refractivity contribution in [2.75, 3.05) is 26.3 Å². The van der Waals surface area contributed by atoms with Gasteiger partial charge in [-0.25, -0.2) is 0 Å². The molecule has 1 fully saturated rings. The zero-order valence-corrected chi connectivity index (χ0v) is 11.4. The van der Waals surface area contributed by atoms with E-state index in [2.05, 4.69) is 0 Å². The largest absolute Gasteiger partial charge is 0.395 e. The lowest BCUT2D eigenvalue weighted by atomic mass is 9.73. The van der Waals surface area contributed by atoms with E-state index in [0.717, 1.165) is 19.3 Å². The monoisotopic (exact) mass is 274 g/mol. The predicted octanol–water partition coefficient (Wildman–Crippen LogP) is 0.0362. The van der Waals surface area contributed by atoms with Gasteiger partial charge in [-0.2, -0.15) is 0 Å². The Balaban J connectivity index is 2.89. The third-order valence-corrected chi connectivity index (χ3v) is 4.01. The Morgan fingerprint density at radius 3 is 2.06 bits per heavy atom. The maximum Gasteiger partial charge on any atom is 0.235 e. The van der Waals surface area contributed by atoms with Crippen LogP contribution in [0, 0.1) is 5.41 Å². The first-order valence-corrected chi connectivity index (χ1v) is 6.80. The van der Waals surface area contributed by atoms with Crippen LogP contribution < -0.4 is 5.73 Å². The summed E-state index contributed by atoms with van der Waals surface area (Å²) in [5.41, 5.74) is 5.03. The summed E-state index contributed by atoms with van der Waals surface area (Å²) in [7, 11) is 0. The molecule has 1 aliphatic rings. The van der Waals surface area contributed by atoms with Gasteiger partial charge in [0, 0.05) is 13.1 Å². The molecule has 0 heterocycles. The smallest absolute Gasteiger partial charge is 0.235 e. The number of aliphatic hydroxyl groups excluding tert-OH is 2. The zero-order chi connectivity index (χ0) is 13.6. The molecule has 0 atom stereocenters. The average Bonchev–Trinajstić information content (AvgIpc) is 2.38. The molecule has 1 aliphatic carbocycles. The van der Waals surface area contributed by atoms with Crippen molar-refractivity contribution >= 4 is 23.1 Å². The second kappa shape index (κ2) is 7.01. The molecule has 0 aliphatic heterocycles. The van der Waals surface area contributed by atoms with Crippen molar-refractivity contribution in [3.8, 4) is 0 Å². The third-order valence-electron chi connectivity index (χ3n) is 3.62. The van der Waals surface area contributed by atoms with Crippen LogP contribution in [-0.2, 0) is 4.79 Å². The van der Waals surface area contributed by atoms with Crippen LogP contribution in [0.25, 0.3) is 0 Å². The van der Waals surface area contributed by atoms with Crippen LogP contribution in [0.5, 0.6) is 0 Å². The van der Waals surface area contributed by atoms with E-state index in [0.29, 0.717) is 12.8 Å². The van der Waals surface area contributed by atoms with Gasteiger partial charge in [0.2, 0.25) is 5.91 Å². The standard InChI is InChI=1S/C12H22N2O3S/c13-10(18)12(4-2-1-3-5-12)11(17)14(6-8-15)7-9-16/h15-16H,1-9H2,(H2,13,18). The van der Waals surface area contributed by atoms with Crippen LogP contribution in [0.3, 0.4) is 0 Å². The molecule has 6 heteroatoms. The number of carbonyl (C=O) groups is 1. The Morgan fingerprint density at radius 2 is 1.67 bits per heavy atom. The minimum atomic E-state index is -0.766. The number of hydrogen-bond acceptors (Lipinski definition) is 4. The van der Waals surface area contributed by atoms with Crippen LogP contribution in [0.1, 0.15) is 32.1 Å². The second-order valence-corrected chi connectivity index (χ2v) is 5.19. The summed E-state index contributed by atoms with van der Waals surface area (Å²) < 4.78 is 0. The van der Waals surface area contributed by atoms with Crippen molar-refractivity contribution in [2.45, 2.75) is 32.1 Å². The fraction of sp³-hybridized carbons (Fsp3) is 0.833. The molecule has 104 valence electrons. The summed E-state index contributed by atoms with van der Waals surface area (Å²) >= 11 is 5.10. The van der Waals surface area contributed by atoms with Crippen LogP contribution in [-0.4, -0.2) is 52.3 Å². The van der Waals surface area contributed by atoms with Crippen molar-refractivity contribution in [3.63, 3.8) is 0 Å². The molecule has 5 nitrogen and oxygen atoms in total. The zero-order valence-electron chi connectivity index (χ0n) is 10.6. The molecule has 0 aromatic carbocycles. The summed E-state index contributed by atoms with van der Waals surface area (Å²) in [6.45, 7) is 0.172. The first-order chi connectivity index (χ1) is 8.58.